The molecule has 1 saturated heterocycles. The fourth-order valence-electron chi connectivity index (χ4n) is 2.23. The molecule has 4 nitrogen and oxygen atoms in total. The third kappa shape index (κ3) is 4.23. The summed E-state index contributed by atoms with van der Waals surface area (Å²) in [5.41, 5.74) is 0. The smallest absolute Gasteiger partial charge is 0.245 e. The summed E-state index contributed by atoms with van der Waals surface area (Å²) in [6, 6.07) is 1.79. The maximum atomic E-state index is 12.9. The van der Waals surface area contributed by atoms with Crippen molar-refractivity contribution in [1.82, 2.24) is 9.62 Å². The summed E-state index contributed by atoms with van der Waals surface area (Å²) in [7, 11) is -3.41. The number of hydrogen-bond acceptors (Lipinski definition) is 5. The first-order valence-corrected chi connectivity index (χ1v) is 10.9. The highest BCUT2D eigenvalue weighted by molar-refractivity contribution is 9.11. The van der Waals surface area contributed by atoms with Gasteiger partial charge in [-0.25, -0.2) is 8.42 Å². The normalized spacial score (nSPS) is 19.8. The van der Waals surface area contributed by atoms with Gasteiger partial charge in [-0.2, -0.15) is 16.1 Å². The summed E-state index contributed by atoms with van der Waals surface area (Å²) in [5.74, 6) is 0.845. The number of halogens is 1. The van der Waals surface area contributed by atoms with Crippen LogP contribution in [0, 0.1) is 0 Å². The molecular weight excluding hydrogens is 392 g/mol. The first kappa shape index (κ1) is 17.7. The molecule has 0 radical (unpaired) electrons. The standard InChI is InChI=1S/C13H21BrN2O2S3/c1-4-15-8-10-7-11(12(14)20-10)21(17,18)16-5-6-19-13(2,3)9-16/h7,15H,4-6,8-9H2,1-3H3. The van der Waals surface area contributed by atoms with E-state index in [0.717, 1.165) is 17.2 Å². The third-order valence-corrected chi connectivity index (χ3v) is 8.66. The van der Waals surface area contributed by atoms with Gasteiger partial charge < -0.3 is 5.32 Å². The van der Waals surface area contributed by atoms with E-state index in [1.807, 2.05) is 18.7 Å². The molecule has 1 aromatic rings. The monoisotopic (exact) mass is 412 g/mol. The van der Waals surface area contributed by atoms with Gasteiger partial charge in [0.15, 0.2) is 0 Å². The Labute approximate surface area is 143 Å². The van der Waals surface area contributed by atoms with Crippen molar-refractivity contribution in [1.29, 1.82) is 0 Å². The Morgan fingerprint density at radius 2 is 2.19 bits per heavy atom. The van der Waals surface area contributed by atoms with E-state index < -0.39 is 10.0 Å². The maximum absolute atomic E-state index is 12.9. The molecular formula is C13H21BrN2O2S3. The molecule has 0 amide bonds. The highest BCUT2D eigenvalue weighted by Crippen LogP contribution is 2.37. The second-order valence-electron chi connectivity index (χ2n) is 5.58. The number of hydrogen-bond donors (Lipinski definition) is 1. The largest absolute Gasteiger partial charge is 0.312 e. The third-order valence-electron chi connectivity index (χ3n) is 3.26. The fraction of sp³-hybridized carbons (Fsp3) is 0.692. The van der Waals surface area contributed by atoms with E-state index in [1.165, 1.54) is 11.3 Å². The number of thioether (sulfide) groups is 1. The highest BCUT2D eigenvalue weighted by atomic mass is 79.9. The number of thiophene rings is 1. The average Bonchev–Trinajstić information content (AvgIpc) is 2.77. The second kappa shape index (κ2) is 6.88. The van der Waals surface area contributed by atoms with Crippen LogP contribution < -0.4 is 5.32 Å². The molecule has 1 fully saturated rings. The molecule has 1 aromatic heterocycles. The van der Waals surface area contributed by atoms with E-state index in [9.17, 15) is 8.42 Å². The minimum absolute atomic E-state index is 0.0274. The summed E-state index contributed by atoms with van der Waals surface area (Å²) >= 11 is 6.74. The molecule has 2 rings (SSSR count). The van der Waals surface area contributed by atoms with Crippen molar-refractivity contribution >= 4 is 49.1 Å². The fourth-order valence-corrected chi connectivity index (χ4v) is 7.74. The van der Waals surface area contributed by atoms with Gasteiger partial charge in [-0.1, -0.05) is 6.92 Å². The lowest BCUT2D eigenvalue weighted by Crippen LogP contribution is -2.46. The Morgan fingerprint density at radius 1 is 1.48 bits per heavy atom. The van der Waals surface area contributed by atoms with Crippen LogP contribution in [0.5, 0.6) is 0 Å². The molecule has 0 aromatic carbocycles. The molecule has 1 aliphatic rings. The van der Waals surface area contributed by atoms with Crippen LogP contribution in [0.1, 0.15) is 25.6 Å². The minimum Gasteiger partial charge on any atom is -0.312 e. The molecule has 0 atom stereocenters. The number of nitrogens with zero attached hydrogens (tertiary/aromatic N) is 1. The van der Waals surface area contributed by atoms with E-state index >= 15 is 0 Å². The molecule has 120 valence electrons. The topological polar surface area (TPSA) is 49.4 Å². The van der Waals surface area contributed by atoms with E-state index in [4.69, 9.17) is 0 Å². The predicted octanol–water partition coefficient (Wildman–Crippen LogP) is 3.14. The summed E-state index contributed by atoms with van der Waals surface area (Å²) in [6.07, 6.45) is 0. The van der Waals surface area contributed by atoms with Gasteiger partial charge in [0.25, 0.3) is 0 Å². The molecule has 1 N–H and O–H groups in total. The van der Waals surface area contributed by atoms with Gasteiger partial charge in [-0.3, -0.25) is 0 Å². The van der Waals surface area contributed by atoms with Crippen LogP contribution in [0.25, 0.3) is 0 Å². The first-order valence-electron chi connectivity index (χ1n) is 6.89. The van der Waals surface area contributed by atoms with E-state index in [2.05, 4.69) is 35.1 Å². The molecule has 2 heterocycles. The first-order chi connectivity index (χ1) is 9.76. The number of rotatable bonds is 5. The zero-order valence-corrected chi connectivity index (χ0v) is 16.5. The molecule has 0 saturated carbocycles. The van der Waals surface area contributed by atoms with Crippen molar-refractivity contribution in [3.05, 3.63) is 14.7 Å². The molecule has 0 unspecified atom stereocenters. The Bertz CT molecular complexity index is 599. The summed E-state index contributed by atoms with van der Waals surface area (Å²) in [6.45, 7) is 8.95. The Hall–Kier alpha value is 0.400. The zero-order valence-electron chi connectivity index (χ0n) is 12.5. The van der Waals surface area contributed by atoms with Crippen LogP contribution in [0.3, 0.4) is 0 Å². The lowest BCUT2D eigenvalue weighted by atomic mass is 10.2. The SMILES string of the molecule is CCNCc1cc(S(=O)(=O)N2CCSC(C)(C)C2)c(Br)s1. The van der Waals surface area contributed by atoms with E-state index in [-0.39, 0.29) is 4.75 Å². The van der Waals surface area contributed by atoms with Crippen molar-refractivity contribution < 1.29 is 8.42 Å². The van der Waals surface area contributed by atoms with Crippen molar-refractivity contribution in [2.75, 3.05) is 25.4 Å². The van der Waals surface area contributed by atoms with Crippen molar-refractivity contribution in [2.45, 2.75) is 37.0 Å². The van der Waals surface area contributed by atoms with Crippen LogP contribution >= 0.6 is 39.0 Å². The zero-order chi connectivity index (χ0) is 15.7. The van der Waals surface area contributed by atoms with Crippen LogP contribution in [0.2, 0.25) is 0 Å². The van der Waals surface area contributed by atoms with Crippen molar-refractivity contribution in [3.8, 4) is 0 Å². The number of sulfonamides is 1. The second-order valence-corrected chi connectivity index (χ2v) is 11.7. The molecule has 0 spiro atoms. The summed E-state index contributed by atoms with van der Waals surface area (Å²) in [4.78, 5) is 1.44. The Kier molecular flexibility index (Phi) is 5.82. The lowest BCUT2D eigenvalue weighted by molar-refractivity contribution is 0.387. The van der Waals surface area contributed by atoms with Crippen LogP contribution in [0.15, 0.2) is 14.7 Å². The van der Waals surface area contributed by atoms with E-state index in [1.54, 1.807) is 10.4 Å². The van der Waals surface area contributed by atoms with Crippen LogP contribution in [-0.4, -0.2) is 42.9 Å². The van der Waals surface area contributed by atoms with Gasteiger partial charge in [0, 0.05) is 35.0 Å². The molecule has 0 bridgehead atoms. The van der Waals surface area contributed by atoms with Crippen molar-refractivity contribution in [3.63, 3.8) is 0 Å². The van der Waals surface area contributed by atoms with Gasteiger partial charge in [0.1, 0.15) is 4.90 Å². The molecule has 21 heavy (non-hydrogen) atoms. The summed E-state index contributed by atoms with van der Waals surface area (Å²) < 4.78 is 28.0. The van der Waals surface area contributed by atoms with Crippen LogP contribution in [-0.2, 0) is 16.6 Å². The predicted molar refractivity (Wildman–Crippen MR) is 94.7 cm³/mol. The Balaban J connectivity index is 2.25. The average molecular weight is 413 g/mol. The highest BCUT2D eigenvalue weighted by Gasteiger charge is 2.36. The molecule has 8 heteroatoms. The van der Waals surface area contributed by atoms with Gasteiger partial charge in [-0.05, 0) is 42.4 Å². The quantitative estimate of drug-likeness (QED) is 0.806. The number of nitrogens with one attached hydrogen (secondary N) is 1. The van der Waals surface area contributed by atoms with Gasteiger partial charge in [0.2, 0.25) is 10.0 Å². The van der Waals surface area contributed by atoms with Gasteiger partial charge in [0.05, 0.1) is 3.79 Å². The van der Waals surface area contributed by atoms with Crippen LogP contribution in [0.4, 0.5) is 0 Å². The summed E-state index contributed by atoms with van der Waals surface area (Å²) in [5, 5.41) is 3.23. The van der Waals surface area contributed by atoms with Crippen molar-refractivity contribution in [2.24, 2.45) is 0 Å². The van der Waals surface area contributed by atoms with Gasteiger partial charge in [-0.15, -0.1) is 11.3 Å². The maximum Gasteiger partial charge on any atom is 0.245 e. The minimum atomic E-state index is -3.41. The lowest BCUT2D eigenvalue weighted by Gasteiger charge is -2.36. The molecule has 0 aliphatic carbocycles. The van der Waals surface area contributed by atoms with E-state index in [0.29, 0.717) is 28.3 Å². The van der Waals surface area contributed by atoms with Gasteiger partial charge >= 0.3 is 0 Å². The Morgan fingerprint density at radius 3 is 2.81 bits per heavy atom. The molecule has 1 aliphatic heterocycles.